The third-order valence-corrected chi connectivity index (χ3v) is 9.08. The van der Waals surface area contributed by atoms with Crippen LogP contribution in [-0.2, 0) is 38.5 Å². The van der Waals surface area contributed by atoms with E-state index < -0.39 is 0 Å². The first kappa shape index (κ1) is 31.5. The molecule has 1 aliphatic rings. The molecule has 4 rings (SSSR count). The Kier molecular flexibility index (Phi) is 11.4. The second-order valence-electron chi connectivity index (χ2n) is 12.3. The van der Waals surface area contributed by atoms with E-state index in [1.807, 2.05) is 6.08 Å². The monoisotopic (exact) mass is 557 g/mol. The van der Waals surface area contributed by atoms with Crippen LogP contribution in [0.5, 0.6) is 0 Å². The molecular formula is C41H51N. The highest BCUT2D eigenvalue weighted by Crippen LogP contribution is 2.29. The van der Waals surface area contributed by atoms with E-state index in [1.165, 1.54) is 56.5 Å². The van der Waals surface area contributed by atoms with E-state index in [-0.39, 0.29) is 0 Å². The van der Waals surface area contributed by atoms with Gasteiger partial charge in [0, 0.05) is 6.21 Å². The summed E-state index contributed by atoms with van der Waals surface area (Å²) < 4.78 is 0. The van der Waals surface area contributed by atoms with E-state index in [9.17, 15) is 0 Å². The lowest BCUT2D eigenvalue weighted by molar-refractivity contribution is 0.725. The molecule has 1 nitrogen and oxygen atoms in total. The van der Waals surface area contributed by atoms with Crippen molar-refractivity contribution in [3.63, 3.8) is 0 Å². The minimum absolute atomic E-state index is 0.411. The molecule has 1 aliphatic carbocycles. The van der Waals surface area contributed by atoms with Crippen LogP contribution in [0.15, 0.2) is 83.4 Å². The van der Waals surface area contributed by atoms with Crippen LogP contribution >= 0.6 is 0 Å². The van der Waals surface area contributed by atoms with Crippen LogP contribution in [0.1, 0.15) is 97.0 Å². The van der Waals surface area contributed by atoms with Gasteiger partial charge in [0.15, 0.2) is 0 Å². The van der Waals surface area contributed by atoms with Crippen molar-refractivity contribution < 1.29 is 0 Å². The highest BCUT2D eigenvalue weighted by atomic mass is 14.7. The van der Waals surface area contributed by atoms with Gasteiger partial charge in [-0.2, -0.15) is 0 Å². The molecule has 0 saturated carbocycles. The molecule has 0 amide bonds. The molecule has 0 aliphatic heterocycles. The average molecular weight is 558 g/mol. The quantitative estimate of drug-likeness (QED) is 0.185. The molecule has 0 radical (unpaired) electrons. The summed E-state index contributed by atoms with van der Waals surface area (Å²) >= 11 is 0. The number of aryl methyl sites for hydroxylation is 8. The number of allylic oxidation sites excluding steroid dienone is 4. The number of rotatable bonds is 13. The smallest absolute Gasteiger partial charge is 0.0700 e. The average Bonchev–Trinajstić information content (AvgIpc) is 3.00. The van der Waals surface area contributed by atoms with Crippen molar-refractivity contribution in [3.8, 4) is 0 Å². The Hall–Kier alpha value is -3.45. The maximum atomic E-state index is 5.01. The predicted octanol–water partition coefficient (Wildman–Crippen LogP) is 11.0. The predicted molar refractivity (Wildman–Crippen MR) is 185 cm³/mol. The van der Waals surface area contributed by atoms with Crippen LogP contribution in [0.25, 0.3) is 6.08 Å². The fraction of sp³-hybridized carbons (Fsp3) is 0.390. The standard InChI is InChI=1S/C41H51N/c1-8-35-23-31(6)32(7)24-39(35)20-18-33-15-13-16-34(25-33)19-21-40-27-41(37(10-3)26-36(40)9-2)42-28-29(4)22-38-17-12-11-14-30(38)5/h10-11,13-16,23-29H,3,8-9,12,17-22H2,1-2,4-7H3/b42-28-. The number of nitrogens with zero attached hydrogens (tertiary/aromatic N) is 1. The van der Waals surface area contributed by atoms with Crippen molar-refractivity contribution >= 4 is 18.0 Å². The topological polar surface area (TPSA) is 12.4 Å². The maximum Gasteiger partial charge on any atom is 0.0700 e. The highest BCUT2D eigenvalue weighted by molar-refractivity contribution is 5.72. The first-order chi connectivity index (χ1) is 20.3. The molecule has 0 N–H and O–H groups in total. The fourth-order valence-electron chi connectivity index (χ4n) is 6.27. The van der Waals surface area contributed by atoms with Crippen LogP contribution in [-0.4, -0.2) is 6.21 Å². The molecule has 3 aromatic carbocycles. The molecule has 1 atom stereocenters. The minimum Gasteiger partial charge on any atom is -0.260 e. The van der Waals surface area contributed by atoms with E-state index in [4.69, 9.17) is 4.99 Å². The molecular weight excluding hydrogens is 506 g/mol. The van der Waals surface area contributed by atoms with Crippen molar-refractivity contribution in [2.45, 2.75) is 99.3 Å². The van der Waals surface area contributed by atoms with Gasteiger partial charge in [-0.1, -0.05) is 93.1 Å². The van der Waals surface area contributed by atoms with Gasteiger partial charge in [0.1, 0.15) is 0 Å². The van der Waals surface area contributed by atoms with Crippen LogP contribution in [0.4, 0.5) is 5.69 Å². The van der Waals surface area contributed by atoms with Crippen LogP contribution < -0.4 is 0 Å². The second kappa shape index (κ2) is 15.1. The first-order valence-electron chi connectivity index (χ1n) is 16.2. The third kappa shape index (κ3) is 8.31. The summed E-state index contributed by atoms with van der Waals surface area (Å²) in [5, 5.41) is 0. The van der Waals surface area contributed by atoms with Gasteiger partial charge < -0.3 is 0 Å². The van der Waals surface area contributed by atoms with E-state index >= 15 is 0 Å². The number of hydrogen-bond acceptors (Lipinski definition) is 1. The van der Waals surface area contributed by atoms with Gasteiger partial charge in [-0.05, 0) is 147 Å². The first-order valence-corrected chi connectivity index (χ1v) is 16.2. The summed E-state index contributed by atoms with van der Waals surface area (Å²) in [6, 6.07) is 18.7. The van der Waals surface area contributed by atoms with E-state index in [0.29, 0.717) is 5.92 Å². The zero-order valence-electron chi connectivity index (χ0n) is 27.0. The minimum atomic E-state index is 0.411. The molecule has 0 spiro atoms. The van der Waals surface area contributed by atoms with Gasteiger partial charge in [-0.3, -0.25) is 4.99 Å². The van der Waals surface area contributed by atoms with Crippen molar-refractivity contribution in [2.24, 2.45) is 10.9 Å². The van der Waals surface area contributed by atoms with Crippen molar-refractivity contribution in [1.29, 1.82) is 0 Å². The Morgan fingerprint density at radius 2 is 1.43 bits per heavy atom. The molecule has 0 fully saturated rings. The molecule has 1 heteroatoms. The Morgan fingerprint density at radius 1 is 0.810 bits per heavy atom. The van der Waals surface area contributed by atoms with Gasteiger partial charge in [-0.15, -0.1) is 0 Å². The Bertz CT molecular complexity index is 1480. The summed E-state index contributed by atoms with van der Waals surface area (Å²) in [5.74, 6) is 0.411. The molecule has 42 heavy (non-hydrogen) atoms. The number of hydrogen-bond donors (Lipinski definition) is 0. The van der Waals surface area contributed by atoms with Gasteiger partial charge >= 0.3 is 0 Å². The molecule has 220 valence electrons. The lowest BCUT2D eigenvalue weighted by atomic mass is 9.91. The lowest BCUT2D eigenvalue weighted by Crippen LogP contribution is -2.02. The Morgan fingerprint density at radius 3 is 2.05 bits per heavy atom. The zero-order valence-corrected chi connectivity index (χ0v) is 27.0. The highest BCUT2D eigenvalue weighted by Gasteiger charge is 2.11. The summed E-state index contributed by atoms with van der Waals surface area (Å²) in [6.45, 7) is 17.6. The van der Waals surface area contributed by atoms with E-state index in [0.717, 1.165) is 62.6 Å². The van der Waals surface area contributed by atoms with Crippen LogP contribution in [0, 0.1) is 19.8 Å². The fourth-order valence-corrected chi connectivity index (χ4v) is 6.27. The Balaban J connectivity index is 1.45. The normalized spacial score (nSPS) is 14.1. The summed E-state index contributed by atoms with van der Waals surface area (Å²) in [5.41, 5.74) is 16.7. The summed E-state index contributed by atoms with van der Waals surface area (Å²) in [4.78, 5) is 5.01. The SMILES string of the molecule is C=Cc1cc(CC)c(CCc2cccc(CCc3cc(C)c(C)cc3CC)c2)cc1/N=C\C(C)CC1=C(C)C=CCC1. The Labute approximate surface area is 256 Å². The van der Waals surface area contributed by atoms with Gasteiger partial charge in [0.2, 0.25) is 0 Å². The van der Waals surface area contributed by atoms with Crippen molar-refractivity contribution in [1.82, 2.24) is 0 Å². The van der Waals surface area contributed by atoms with Gasteiger partial charge in [-0.25, -0.2) is 0 Å². The van der Waals surface area contributed by atoms with Crippen molar-refractivity contribution in [2.75, 3.05) is 0 Å². The molecule has 1 unspecified atom stereocenters. The van der Waals surface area contributed by atoms with E-state index in [2.05, 4.69) is 115 Å². The maximum absolute atomic E-state index is 5.01. The molecule has 0 bridgehead atoms. The third-order valence-electron chi connectivity index (χ3n) is 9.08. The van der Waals surface area contributed by atoms with Crippen LogP contribution in [0.2, 0.25) is 0 Å². The molecule has 0 heterocycles. The van der Waals surface area contributed by atoms with E-state index in [1.54, 1.807) is 5.57 Å². The van der Waals surface area contributed by atoms with Crippen LogP contribution in [0.3, 0.4) is 0 Å². The zero-order chi connectivity index (χ0) is 30.1. The largest absolute Gasteiger partial charge is 0.260 e. The molecule has 0 aromatic heterocycles. The summed E-state index contributed by atoms with van der Waals surface area (Å²) in [6.07, 6.45) is 18.5. The van der Waals surface area contributed by atoms with Gasteiger partial charge in [0.05, 0.1) is 5.69 Å². The lowest BCUT2D eigenvalue weighted by Gasteiger charge is -2.16. The van der Waals surface area contributed by atoms with Crippen molar-refractivity contribution in [3.05, 3.63) is 128 Å². The number of aliphatic imine (C=N–C) groups is 1. The molecule has 0 saturated heterocycles. The summed E-state index contributed by atoms with van der Waals surface area (Å²) in [7, 11) is 0. The molecule has 3 aromatic rings. The van der Waals surface area contributed by atoms with Gasteiger partial charge in [0.25, 0.3) is 0 Å². The number of benzene rings is 3. The second-order valence-corrected chi connectivity index (χ2v) is 12.3.